The standard InChI is InChI=1S/C14H17F3N2O4S/c1-18(2)13(20)10-6-5-9-19(10)24(21,22)12-8-4-3-7-11(12)23-14(15,16)17/h3-4,7-8,10H,5-6,9H2,1-2H3. The summed E-state index contributed by atoms with van der Waals surface area (Å²) in [4.78, 5) is 12.8. The van der Waals surface area contributed by atoms with Crippen molar-refractivity contribution < 1.29 is 31.1 Å². The van der Waals surface area contributed by atoms with Gasteiger partial charge in [-0.2, -0.15) is 4.31 Å². The molecular weight excluding hydrogens is 349 g/mol. The molecule has 1 saturated heterocycles. The van der Waals surface area contributed by atoms with Crippen molar-refractivity contribution >= 4 is 15.9 Å². The Kier molecular flexibility index (Phi) is 5.09. The number of amides is 1. The molecule has 0 radical (unpaired) electrons. The number of alkyl halides is 3. The molecule has 1 atom stereocenters. The van der Waals surface area contributed by atoms with E-state index in [-0.39, 0.29) is 6.54 Å². The minimum absolute atomic E-state index is 0.0624. The second-order valence-corrected chi connectivity index (χ2v) is 7.36. The summed E-state index contributed by atoms with van der Waals surface area (Å²) < 4.78 is 67.9. The molecule has 10 heteroatoms. The molecule has 0 aliphatic carbocycles. The number of carbonyl (C=O) groups excluding carboxylic acids is 1. The zero-order valence-electron chi connectivity index (χ0n) is 13.1. The molecule has 24 heavy (non-hydrogen) atoms. The number of ether oxygens (including phenoxy) is 1. The van der Waals surface area contributed by atoms with Crippen molar-refractivity contribution in [1.82, 2.24) is 9.21 Å². The van der Waals surface area contributed by atoms with Crippen LogP contribution in [0.2, 0.25) is 0 Å². The molecule has 1 aliphatic rings. The van der Waals surface area contributed by atoms with Gasteiger partial charge >= 0.3 is 6.36 Å². The van der Waals surface area contributed by atoms with Crippen LogP contribution in [0, 0.1) is 0 Å². The Morgan fingerprint density at radius 2 is 1.92 bits per heavy atom. The van der Waals surface area contributed by atoms with E-state index in [2.05, 4.69) is 4.74 Å². The monoisotopic (exact) mass is 366 g/mol. The predicted molar refractivity (Wildman–Crippen MR) is 78.7 cm³/mol. The second-order valence-electron chi connectivity index (χ2n) is 5.50. The van der Waals surface area contributed by atoms with Crippen molar-refractivity contribution in [2.24, 2.45) is 0 Å². The summed E-state index contributed by atoms with van der Waals surface area (Å²) in [6.45, 7) is 0.0624. The third-order valence-corrected chi connectivity index (χ3v) is 5.54. The molecule has 1 amide bonds. The van der Waals surface area contributed by atoms with E-state index >= 15 is 0 Å². The van der Waals surface area contributed by atoms with Gasteiger partial charge in [0.2, 0.25) is 15.9 Å². The van der Waals surface area contributed by atoms with Gasteiger partial charge in [0.15, 0.2) is 0 Å². The maximum atomic E-state index is 12.8. The van der Waals surface area contributed by atoms with E-state index in [1.165, 1.54) is 31.1 Å². The largest absolute Gasteiger partial charge is 0.573 e. The SMILES string of the molecule is CN(C)C(=O)C1CCCN1S(=O)(=O)c1ccccc1OC(F)(F)F. The van der Waals surface area contributed by atoms with E-state index in [4.69, 9.17) is 0 Å². The molecule has 2 rings (SSSR count). The number of carbonyl (C=O) groups is 1. The number of sulfonamides is 1. The molecule has 1 aliphatic heterocycles. The van der Waals surface area contributed by atoms with Gasteiger partial charge in [-0.1, -0.05) is 12.1 Å². The lowest BCUT2D eigenvalue weighted by Gasteiger charge is -2.26. The molecular formula is C14H17F3N2O4S. The van der Waals surface area contributed by atoms with Crippen molar-refractivity contribution in [3.63, 3.8) is 0 Å². The molecule has 0 N–H and O–H groups in total. The Bertz CT molecular complexity index is 719. The summed E-state index contributed by atoms with van der Waals surface area (Å²) >= 11 is 0. The van der Waals surface area contributed by atoms with Gasteiger partial charge in [0.1, 0.15) is 16.7 Å². The summed E-state index contributed by atoms with van der Waals surface area (Å²) in [5.41, 5.74) is 0. The molecule has 0 aromatic heterocycles. The van der Waals surface area contributed by atoms with Crippen LogP contribution >= 0.6 is 0 Å². The highest BCUT2D eigenvalue weighted by Gasteiger charge is 2.42. The molecule has 6 nitrogen and oxygen atoms in total. The Hall–Kier alpha value is -1.81. The van der Waals surface area contributed by atoms with Crippen LogP contribution < -0.4 is 4.74 Å². The van der Waals surface area contributed by atoms with E-state index in [0.29, 0.717) is 12.8 Å². The van der Waals surface area contributed by atoms with Crippen LogP contribution in [0.3, 0.4) is 0 Å². The van der Waals surface area contributed by atoms with E-state index < -0.39 is 39.0 Å². The van der Waals surface area contributed by atoms with E-state index in [0.717, 1.165) is 16.4 Å². The van der Waals surface area contributed by atoms with Crippen LogP contribution in [-0.4, -0.2) is 56.6 Å². The maximum absolute atomic E-state index is 12.8. The first-order chi connectivity index (χ1) is 11.0. The predicted octanol–water partition coefficient (Wildman–Crippen LogP) is 1.83. The van der Waals surface area contributed by atoms with Crippen LogP contribution in [0.1, 0.15) is 12.8 Å². The molecule has 1 fully saturated rings. The number of likely N-dealkylation sites (N-methyl/N-ethyl adjacent to an activating group) is 1. The first-order valence-electron chi connectivity index (χ1n) is 7.12. The average Bonchev–Trinajstić information content (AvgIpc) is 2.95. The summed E-state index contributed by atoms with van der Waals surface area (Å²) in [6, 6.07) is 3.58. The van der Waals surface area contributed by atoms with E-state index in [1.807, 2.05) is 0 Å². The van der Waals surface area contributed by atoms with Gasteiger partial charge in [-0.25, -0.2) is 8.42 Å². The molecule has 1 heterocycles. The van der Waals surface area contributed by atoms with Crippen molar-refractivity contribution in [2.45, 2.75) is 30.1 Å². The van der Waals surface area contributed by atoms with Crippen LogP contribution in [0.15, 0.2) is 29.2 Å². The smallest absolute Gasteiger partial charge is 0.404 e. The Morgan fingerprint density at radius 1 is 1.29 bits per heavy atom. The lowest BCUT2D eigenvalue weighted by Crippen LogP contribution is -2.45. The molecule has 0 spiro atoms. The van der Waals surface area contributed by atoms with E-state index in [1.54, 1.807) is 0 Å². The number of hydrogen-bond donors (Lipinski definition) is 0. The van der Waals surface area contributed by atoms with Gasteiger partial charge in [-0.3, -0.25) is 4.79 Å². The number of nitrogens with zero attached hydrogens (tertiary/aromatic N) is 2. The summed E-state index contributed by atoms with van der Waals surface area (Å²) in [7, 11) is -1.32. The number of para-hydroxylation sites is 1. The highest BCUT2D eigenvalue weighted by molar-refractivity contribution is 7.89. The molecule has 0 bridgehead atoms. The fourth-order valence-electron chi connectivity index (χ4n) is 2.57. The number of rotatable bonds is 4. The van der Waals surface area contributed by atoms with Gasteiger partial charge in [0.25, 0.3) is 0 Å². The molecule has 0 saturated carbocycles. The fourth-order valence-corrected chi connectivity index (χ4v) is 4.34. The highest BCUT2D eigenvalue weighted by atomic mass is 32.2. The maximum Gasteiger partial charge on any atom is 0.573 e. The Morgan fingerprint density at radius 3 is 2.50 bits per heavy atom. The third kappa shape index (κ3) is 3.81. The van der Waals surface area contributed by atoms with Crippen molar-refractivity contribution in [1.29, 1.82) is 0 Å². The van der Waals surface area contributed by atoms with Gasteiger partial charge < -0.3 is 9.64 Å². The van der Waals surface area contributed by atoms with Crippen molar-refractivity contribution in [3.05, 3.63) is 24.3 Å². The lowest BCUT2D eigenvalue weighted by molar-refractivity contribution is -0.275. The Balaban J connectivity index is 2.42. The summed E-state index contributed by atoms with van der Waals surface area (Å²) in [5, 5.41) is 0. The topological polar surface area (TPSA) is 66.9 Å². The first-order valence-corrected chi connectivity index (χ1v) is 8.56. The second kappa shape index (κ2) is 6.60. The number of benzene rings is 1. The van der Waals surface area contributed by atoms with Crippen LogP contribution in [0.4, 0.5) is 13.2 Å². The minimum Gasteiger partial charge on any atom is -0.404 e. The van der Waals surface area contributed by atoms with E-state index in [9.17, 15) is 26.4 Å². The van der Waals surface area contributed by atoms with Gasteiger partial charge in [0, 0.05) is 20.6 Å². The minimum atomic E-state index is -5.02. The van der Waals surface area contributed by atoms with Gasteiger partial charge in [0.05, 0.1) is 0 Å². The van der Waals surface area contributed by atoms with Gasteiger partial charge in [-0.05, 0) is 25.0 Å². The Labute approximate surface area is 137 Å². The quantitative estimate of drug-likeness (QED) is 0.815. The number of hydrogen-bond acceptors (Lipinski definition) is 4. The summed E-state index contributed by atoms with van der Waals surface area (Å²) in [6.07, 6.45) is -4.25. The normalized spacial score (nSPS) is 19.3. The first kappa shape index (κ1) is 18.5. The van der Waals surface area contributed by atoms with Crippen molar-refractivity contribution in [2.75, 3.05) is 20.6 Å². The van der Waals surface area contributed by atoms with Crippen molar-refractivity contribution in [3.8, 4) is 5.75 Å². The zero-order chi connectivity index (χ0) is 18.1. The highest BCUT2D eigenvalue weighted by Crippen LogP contribution is 2.34. The average molecular weight is 366 g/mol. The zero-order valence-corrected chi connectivity index (χ0v) is 13.9. The molecule has 134 valence electrons. The number of halogens is 3. The fraction of sp³-hybridized carbons (Fsp3) is 0.500. The van der Waals surface area contributed by atoms with Gasteiger partial charge in [-0.15, -0.1) is 13.2 Å². The third-order valence-electron chi connectivity index (χ3n) is 3.59. The van der Waals surface area contributed by atoms with Crippen LogP contribution in [-0.2, 0) is 14.8 Å². The molecule has 1 aromatic carbocycles. The lowest BCUT2D eigenvalue weighted by atomic mass is 10.2. The van der Waals surface area contributed by atoms with Crippen LogP contribution in [0.5, 0.6) is 5.75 Å². The molecule has 1 aromatic rings. The summed E-state index contributed by atoms with van der Waals surface area (Å²) in [5.74, 6) is -1.22. The van der Waals surface area contributed by atoms with Crippen LogP contribution in [0.25, 0.3) is 0 Å². The molecule has 1 unspecified atom stereocenters.